The van der Waals surface area contributed by atoms with Crippen molar-refractivity contribution in [3.8, 4) is 0 Å². The average Bonchev–Trinajstić information content (AvgIpc) is 2.98. The SMILES string of the molecule is O=C1OC2C3CC(C2O1)C1C2C=CC(C2)C31. The van der Waals surface area contributed by atoms with Gasteiger partial charge in [0.05, 0.1) is 0 Å². The van der Waals surface area contributed by atoms with Crippen molar-refractivity contribution >= 4 is 6.16 Å². The van der Waals surface area contributed by atoms with Gasteiger partial charge in [0, 0.05) is 11.8 Å². The van der Waals surface area contributed by atoms with Crippen molar-refractivity contribution in [2.45, 2.75) is 25.0 Å². The fourth-order valence-electron chi connectivity index (χ4n) is 5.49. The molecule has 0 aromatic rings. The highest BCUT2D eigenvalue weighted by Gasteiger charge is 2.68. The smallest absolute Gasteiger partial charge is 0.427 e. The third-order valence-electron chi connectivity index (χ3n) is 5.75. The molecule has 3 nitrogen and oxygen atoms in total. The Labute approximate surface area is 93.8 Å². The minimum Gasteiger partial charge on any atom is -0.427 e. The summed E-state index contributed by atoms with van der Waals surface area (Å²) >= 11 is 0. The molecule has 8 unspecified atom stereocenters. The van der Waals surface area contributed by atoms with Crippen LogP contribution in [0, 0.1) is 35.5 Å². The molecule has 1 aliphatic heterocycles. The largest absolute Gasteiger partial charge is 0.509 e. The Morgan fingerprint density at radius 1 is 0.938 bits per heavy atom. The lowest BCUT2D eigenvalue weighted by Gasteiger charge is -2.36. The first-order valence-electron chi connectivity index (χ1n) is 6.38. The highest BCUT2D eigenvalue weighted by molar-refractivity contribution is 5.63. The molecule has 0 aromatic heterocycles. The topological polar surface area (TPSA) is 35.5 Å². The van der Waals surface area contributed by atoms with Crippen molar-refractivity contribution in [3.05, 3.63) is 12.2 Å². The van der Waals surface area contributed by atoms with Crippen molar-refractivity contribution < 1.29 is 14.3 Å². The van der Waals surface area contributed by atoms with Gasteiger partial charge in [-0.25, -0.2) is 4.79 Å². The molecule has 3 heteroatoms. The highest BCUT2D eigenvalue weighted by Crippen LogP contribution is 2.67. The molecule has 0 amide bonds. The van der Waals surface area contributed by atoms with Crippen molar-refractivity contribution in [1.29, 1.82) is 0 Å². The predicted molar refractivity (Wildman–Crippen MR) is 54.5 cm³/mol. The zero-order chi connectivity index (χ0) is 10.4. The minimum absolute atomic E-state index is 0.0894. The van der Waals surface area contributed by atoms with Crippen LogP contribution in [0.3, 0.4) is 0 Å². The van der Waals surface area contributed by atoms with Crippen LogP contribution in [0.5, 0.6) is 0 Å². The second kappa shape index (κ2) is 2.31. The van der Waals surface area contributed by atoms with Crippen molar-refractivity contribution in [1.82, 2.24) is 0 Å². The molecule has 0 radical (unpaired) electrons. The average molecular weight is 218 g/mol. The van der Waals surface area contributed by atoms with Crippen LogP contribution in [-0.4, -0.2) is 18.4 Å². The second-order valence-electron chi connectivity index (χ2n) is 6.08. The number of ether oxygens (including phenoxy) is 2. The van der Waals surface area contributed by atoms with Crippen molar-refractivity contribution in [3.63, 3.8) is 0 Å². The Morgan fingerprint density at radius 3 is 2.06 bits per heavy atom. The first-order chi connectivity index (χ1) is 7.83. The van der Waals surface area contributed by atoms with Crippen molar-refractivity contribution in [2.75, 3.05) is 0 Å². The number of fused-ring (bicyclic) bond motifs is 12. The third-order valence-corrected chi connectivity index (χ3v) is 5.75. The summed E-state index contributed by atoms with van der Waals surface area (Å²) in [4.78, 5) is 11.2. The Bertz CT molecular complexity index is 381. The van der Waals surface area contributed by atoms with E-state index in [0.29, 0.717) is 11.8 Å². The fraction of sp³-hybridized carbons (Fsp3) is 0.769. The number of allylic oxidation sites excluding steroid dienone is 2. The Morgan fingerprint density at radius 2 is 1.50 bits per heavy atom. The summed E-state index contributed by atoms with van der Waals surface area (Å²) in [7, 11) is 0. The molecule has 5 rings (SSSR count). The van der Waals surface area contributed by atoms with E-state index in [1.54, 1.807) is 0 Å². The molecule has 0 aromatic carbocycles. The van der Waals surface area contributed by atoms with Crippen LogP contribution in [-0.2, 0) is 9.47 Å². The highest BCUT2D eigenvalue weighted by atomic mass is 16.8. The zero-order valence-electron chi connectivity index (χ0n) is 8.91. The molecular weight excluding hydrogens is 204 g/mol. The minimum atomic E-state index is -0.426. The third kappa shape index (κ3) is 0.694. The van der Waals surface area contributed by atoms with Gasteiger partial charge >= 0.3 is 6.16 Å². The van der Waals surface area contributed by atoms with Gasteiger partial charge in [0.1, 0.15) is 12.2 Å². The molecule has 4 bridgehead atoms. The predicted octanol–water partition coefficient (Wildman–Crippen LogP) is 1.98. The molecule has 4 fully saturated rings. The van der Waals surface area contributed by atoms with Crippen LogP contribution >= 0.6 is 0 Å². The summed E-state index contributed by atoms with van der Waals surface area (Å²) in [6.07, 6.45) is 7.13. The second-order valence-corrected chi connectivity index (χ2v) is 6.08. The quantitative estimate of drug-likeness (QED) is 0.354. The first kappa shape index (κ1) is 8.15. The van der Waals surface area contributed by atoms with E-state index in [9.17, 15) is 4.79 Å². The summed E-state index contributed by atoms with van der Waals surface area (Å²) < 4.78 is 10.7. The summed E-state index contributed by atoms with van der Waals surface area (Å²) in [6, 6.07) is 0. The van der Waals surface area contributed by atoms with Crippen LogP contribution in [0.15, 0.2) is 12.2 Å². The molecule has 8 atom stereocenters. The molecular formula is C13H14O3. The van der Waals surface area contributed by atoms with Crippen LogP contribution in [0.1, 0.15) is 12.8 Å². The van der Waals surface area contributed by atoms with Gasteiger partial charge in [0.15, 0.2) is 0 Å². The molecule has 1 saturated heterocycles. The molecule has 0 spiro atoms. The maximum atomic E-state index is 11.2. The van der Waals surface area contributed by atoms with Gasteiger partial charge in [-0.2, -0.15) is 0 Å². The molecule has 84 valence electrons. The van der Waals surface area contributed by atoms with Gasteiger partial charge in [-0.3, -0.25) is 0 Å². The van der Waals surface area contributed by atoms with E-state index in [0.717, 1.165) is 23.7 Å². The van der Waals surface area contributed by atoms with Crippen molar-refractivity contribution in [2.24, 2.45) is 35.5 Å². The van der Waals surface area contributed by atoms with Gasteiger partial charge in [0.2, 0.25) is 0 Å². The van der Waals surface area contributed by atoms with Crippen LogP contribution in [0.25, 0.3) is 0 Å². The van der Waals surface area contributed by atoms with E-state index in [1.165, 1.54) is 12.8 Å². The molecule has 3 saturated carbocycles. The lowest BCUT2D eigenvalue weighted by molar-refractivity contribution is 0.0278. The number of hydrogen-bond acceptors (Lipinski definition) is 3. The fourth-order valence-corrected chi connectivity index (χ4v) is 5.49. The molecule has 16 heavy (non-hydrogen) atoms. The lowest BCUT2D eigenvalue weighted by atomic mass is 9.71. The number of rotatable bonds is 0. The van der Waals surface area contributed by atoms with Gasteiger partial charge in [0.25, 0.3) is 0 Å². The number of carbonyl (C=O) groups excluding carboxylic acids is 1. The normalized spacial score (nSPS) is 63.4. The van der Waals surface area contributed by atoms with E-state index in [-0.39, 0.29) is 12.2 Å². The summed E-state index contributed by atoms with van der Waals surface area (Å²) in [6.45, 7) is 0. The van der Waals surface area contributed by atoms with E-state index in [2.05, 4.69) is 12.2 Å². The monoisotopic (exact) mass is 218 g/mol. The van der Waals surface area contributed by atoms with E-state index in [4.69, 9.17) is 9.47 Å². The Kier molecular flexibility index (Phi) is 1.18. The Hall–Kier alpha value is -0.990. The molecule has 4 aliphatic carbocycles. The lowest BCUT2D eigenvalue weighted by Crippen LogP contribution is -2.41. The van der Waals surface area contributed by atoms with Crippen LogP contribution < -0.4 is 0 Å². The summed E-state index contributed by atoms with van der Waals surface area (Å²) in [5.74, 6) is 4.29. The van der Waals surface area contributed by atoms with Gasteiger partial charge in [-0.1, -0.05) is 12.2 Å². The van der Waals surface area contributed by atoms with Gasteiger partial charge < -0.3 is 9.47 Å². The first-order valence-corrected chi connectivity index (χ1v) is 6.38. The standard InChI is InChI=1S/C13H14O3/c14-13-15-11-7-4-8(12(11)16-13)10-6-2-1-5(3-6)9(7)10/h1-2,5-12H,3-4H2. The zero-order valence-corrected chi connectivity index (χ0v) is 8.91. The number of hydrogen-bond donors (Lipinski definition) is 0. The maximum absolute atomic E-state index is 11.2. The van der Waals surface area contributed by atoms with Crippen LogP contribution in [0.2, 0.25) is 0 Å². The Balaban J connectivity index is 1.59. The van der Waals surface area contributed by atoms with Gasteiger partial charge in [-0.15, -0.1) is 0 Å². The van der Waals surface area contributed by atoms with E-state index in [1.807, 2.05) is 0 Å². The van der Waals surface area contributed by atoms with Crippen LogP contribution in [0.4, 0.5) is 4.79 Å². The molecule has 0 N–H and O–H groups in total. The summed E-state index contributed by atoms with van der Waals surface area (Å²) in [5, 5.41) is 0. The maximum Gasteiger partial charge on any atom is 0.509 e. The molecule has 1 heterocycles. The van der Waals surface area contributed by atoms with E-state index >= 15 is 0 Å². The number of carbonyl (C=O) groups is 1. The molecule has 5 aliphatic rings. The van der Waals surface area contributed by atoms with Gasteiger partial charge in [-0.05, 0) is 36.5 Å². The van der Waals surface area contributed by atoms with E-state index < -0.39 is 6.16 Å². The summed E-state index contributed by atoms with van der Waals surface area (Å²) in [5.41, 5.74) is 0.